The molecule has 16 heavy (non-hydrogen) atoms. The predicted molar refractivity (Wildman–Crippen MR) is 63.9 cm³/mol. The van der Waals surface area contributed by atoms with Gasteiger partial charge in [-0.3, -0.25) is 4.79 Å². The molecular formula is C10H13BrN4O. The first kappa shape index (κ1) is 11.5. The fourth-order valence-corrected chi connectivity index (χ4v) is 1.97. The summed E-state index contributed by atoms with van der Waals surface area (Å²) in [5.74, 6) is 0.805. The molecule has 6 heteroatoms. The van der Waals surface area contributed by atoms with Crippen molar-refractivity contribution in [3.05, 3.63) is 17.0 Å². The van der Waals surface area contributed by atoms with Crippen molar-refractivity contribution < 1.29 is 4.79 Å². The van der Waals surface area contributed by atoms with Crippen LogP contribution in [0.2, 0.25) is 0 Å². The van der Waals surface area contributed by atoms with E-state index in [0.717, 1.165) is 13.0 Å². The molecule has 1 aromatic rings. The van der Waals surface area contributed by atoms with Crippen molar-refractivity contribution in [1.82, 2.24) is 15.3 Å². The van der Waals surface area contributed by atoms with Gasteiger partial charge < -0.3 is 10.6 Å². The molecule has 2 heterocycles. The normalized spacial score (nSPS) is 24.4. The Morgan fingerprint density at radius 1 is 1.56 bits per heavy atom. The van der Waals surface area contributed by atoms with E-state index in [1.807, 2.05) is 0 Å². The van der Waals surface area contributed by atoms with Crippen LogP contribution in [0.3, 0.4) is 0 Å². The Morgan fingerprint density at radius 3 is 2.94 bits per heavy atom. The van der Waals surface area contributed by atoms with Crippen molar-refractivity contribution in [1.29, 1.82) is 0 Å². The lowest BCUT2D eigenvalue weighted by Gasteiger charge is -2.14. The molecule has 1 fully saturated rings. The van der Waals surface area contributed by atoms with Gasteiger partial charge in [-0.1, -0.05) is 6.92 Å². The molecule has 1 aromatic heterocycles. The molecule has 2 rings (SSSR count). The minimum Gasteiger partial charge on any atom is -0.308 e. The van der Waals surface area contributed by atoms with Crippen LogP contribution in [-0.4, -0.2) is 28.5 Å². The predicted octanol–water partition coefficient (Wildman–Crippen LogP) is 1.18. The molecule has 0 radical (unpaired) electrons. The molecule has 2 unspecified atom stereocenters. The Labute approximate surface area is 102 Å². The van der Waals surface area contributed by atoms with Crippen LogP contribution in [0, 0.1) is 5.92 Å². The standard InChI is InChI=1S/C10H13BrN4O/c1-6-2-3-12-9(6)10(16)15-8-5-13-7(11)4-14-8/h4-6,9,12H,2-3H2,1H3,(H,14,15,16). The van der Waals surface area contributed by atoms with Crippen LogP contribution in [-0.2, 0) is 4.79 Å². The summed E-state index contributed by atoms with van der Waals surface area (Å²) in [6.45, 7) is 2.96. The number of nitrogens with zero attached hydrogens (tertiary/aromatic N) is 2. The molecule has 1 saturated heterocycles. The SMILES string of the molecule is CC1CCNC1C(=O)Nc1cnc(Br)cn1. The number of anilines is 1. The second-order valence-corrected chi connectivity index (χ2v) is 4.72. The van der Waals surface area contributed by atoms with Gasteiger partial charge in [-0.15, -0.1) is 0 Å². The molecule has 0 bridgehead atoms. The van der Waals surface area contributed by atoms with Crippen molar-refractivity contribution in [2.75, 3.05) is 11.9 Å². The van der Waals surface area contributed by atoms with Crippen LogP contribution < -0.4 is 10.6 Å². The van der Waals surface area contributed by atoms with Crippen LogP contribution in [0.1, 0.15) is 13.3 Å². The van der Waals surface area contributed by atoms with Gasteiger partial charge in [0.05, 0.1) is 18.4 Å². The molecule has 1 amide bonds. The summed E-state index contributed by atoms with van der Waals surface area (Å²) in [6, 6.07) is -0.120. The van der Waals surface area contributed by atoms with Crippen molar-refractivity contribution in [3.8, 4) is 0 Å². The van der Waals surface area contributed by atoms with Crippen molar-refractivity contribution in [2.24, 2.45) is 5.92 Å². The fourth-order valence-electron chi connectivity index (χ4n) is 1.77. The van der Waals surface area contributed by atoms with E-state index in [2.05, 4.69) is 43.5 Å². The first-order valence-electron chi connectivity index (χ1n) is 5.18. The zero-order valence-corrected chi connectivity index (χ0v) is 10.5. The third-order valence-electron chi connectivity index (χ3n) is 2.69. The minimum atomic E-state index is -0.120. The number of amides is 1. The Balaban J connectivity index is 1.99. The number of aromatic nitrogens is 2. The quantitative estimate of drug-likeness (QED) is 0.856. The number of hydrogen-bond acceptors (Lipinski definition) is 4. The summed E-state index contributed by atoms with van der Waals surface area (Å²) in [7, 11) is 0. The van der Waals surface area contributed by atoms with Gasteiger partial charge in [-0.05, 0) is 34.8 Å². The van der Waals surface area contributed by atoms with Gasteiger partial charge in [-0.25, -0.2) is 9.97 Å². The number of hydrogen-bond donors (Lipinski definition) is 2. The van der Waals surface area contributed by atoms with E-state index in [-0.39, 0.29) is 11.9 Å². The van der Waals surface area contributed by atoms with Gasteiger partial charge >= 0.3 is 0 Å². The van der Waals surface area contributed by atoms with E-state index in [0.29, 0.717) is 16.3 Å². The highest BCUT2D eigenvalue weighted by molar-refractivity contribution is 9.10. The maximum Gasteiger partial charge on any atom is 0.242 e. The molecule has 2 N–H and O–H groups in total. The molecule has 1 aliphatic heterocycles. The number of nitrogens with one attached hydrogen (secondary N) is 2. The third kappa shape index (κ3) is 2.56. The van der Waals surface area contributed by atoms with E-state index in [1.54, 1.807) is 6.20 Å². The fraction of sp³-hybridized carbons (Fsp3) is 0.500. The zero-order valence-electron chi connectivity index (χ0n) is 8.90. The third-order valence-corrected chi connectivity index (χ3v) is 3.10. The van der Waals surface area contributed by atoms with Crippen LogP contribution in [0.25, 0.3) is 0 Å². The van der Waals surface area contributed by atoms with Crippen LogP contribution in [0.5, 0.6) is 0 Å². The molecule has 5 nitrogen and oxygen atoms in total. The summed E-state index contributed by atoms with van der Waals surface area (Å²) in [5, 5.41) is 5.91. The summed E-state index contributed by atoms with van der Waals surface area (Å²) in [5.41, 5.74) is 0. The van der Waals surface area contributed by atoms with Gasteiger partial charge in [0.1, 0.15) is 4.60 Å². The Hall–Kier alpha value is -1.01. The zero-order chi connectivity index (χ0) is 11.5. The van der Waals surface area contributed by atoms with Gasteiger partial charge in [-0.2, -0.15) is 0 Å². The van der Waals surface area contributed by atoms with E-state index in [1.165, 1.54) is 6.20 Å². The van der Waals surface area contributed by atoms with E-state index in [9.17, 15) is 4.79 Å². The maximum absolute atomic E-state index is 11.9. The Bertz CT molecular complexity index is 381. The Morgan fingerprint density at radius 2 is 2.38 bits per heavy atom. The van der Waals surface area contributed by atoms with Gasteiger partial charge in [0.2, 0.25) is 5.91 Å². The largest absolute Gasteiger partial charge is 0.308 e. The number of halogens is 1. The monoisotopic (exact) mass is 284 g/mol. The van der Waals surface area contributed by atoms with Gasteiger partial charge in [0, 0.05) is 0 Å². The van der Waals surface area contributed by atoms with Crippen LogP contribution in [0.4, 0.5) is 5.82 Å². The minimum absolute atomic E-state index is 0.0402. The highest BCUT2D eigenvalue weighted by Gasteiger charge is 2.29. The van der Waals surface area contributed by atoms with E-state index < -0.39 is 0 Å². The maximum atomic E-state index is 11.9. The van der Waals surface area contributed by atoms with Gasteiger partial charge in [0.25, 0.3) is 0 Å². The summed E-state index contributed by atoms with van der Waals surface area (Å²) < 4.78 is 0.651. The Kier molecular flexibility index (Phi) is 3.50. The summed E-state index contributed by atoms with van der Waals surface area (Å²) >= 11 is 3.19. The molecule has 2 atom stereocenters. The highest BCUT2D eigenvalue weighted by Crippen LogP contribution is 2.16. The first-order valence-corrected chi connectivity index (χ1v) is 5.98. The smallest absolute Gasteiger partial charge is 0.242 e. The topological polar surface area (TPSA) is 66.9 Å². The van der Waals surface area contributed by atoms with Crippen LogP contribution >= 0.6 is 15.9 Å². The molecule has 0 aliphatic carbocycles. The van der Waals surface area contributed by atoms with E-state index >= 15 is 0 Å². The van der Waals surface area contributed by atoms with Crippen molar-refractivity contribution in [3.63, 3.8) is 0 Å². The number of carbonyl (C=O) groups excluding carboxylic acids is 1. The second kappa shape index (κ2) is 4.88. The lowest BCUT2D eigenvalue weighted by molar-refractivity contribution is -0.118. The number of rotatable bonds is 2. The molecule has 0 saturated carbocycles. The summed E-state index contributed by atoms with van der Waals surface area (Å²) in [4.78, 5) is 19.9. The lowest BCUT2D eigenvalue weighted by Crippen LogP contribution is -2.39. The molecule has 0 aromatic carbocycles. The first-order chi connectivity index (χ1) is 7.66. The summed E-state index contributed by atoms with van der Waals surface area (Å²) in [6.07, 6.45) is 4.12. The van der Waals surface area contributed by atoms with Crippen LogP contribution in [0.15, 0.2) is 17.0 Å². The molecule has 1 aliphatic rings. The average molecular weight is 285 g/mol. The highest BCUT2D eigenvalue weighted by atomic mass is 79.9. The molecular weight excluding hydrogens is 272 g/mol. The van der Waals surface area contributed by atoms with Gasteiger partial charge in [0.15, 0.2) is 5.82 Å². The molecule has 86 valence electrons. The second-order valence-electron chi connectivity index (χ2n) is 3.91. The number of carbonyl (C=O) groups is 1. The average Bonchev–Trinajstić information content (AvgIpc) is 2.68. The lowest BCUT2D eigenvalue weighted by atomic mass is 10.0. The molecule has 0 spiro atoms. The van der Waals surface area contributed by atoms with Crippen molar-refractivity contribution in [2.45, 2.75) is 19.4 Å². The van der Waals surface area contributed by atoms with E-state index in [4.69, 9.17) is 0 Å². The van der Waals surface area contributed by atoms with Crippen molar-refractivity contribution >= 4 is 27.7 Å².